The van der Waals surface area contributed by atoms with E-state index < -0.39 is 29.2 Å². The minimum Gasteiger partial charge on any atom is -0.457 e. The molecule has 20 nitrogen and oxygen atoms in total. The topological polar surface area (TPSA) is 268 Å². The average molecular weight is 1170 g/mol. The Morgan fingerprint density at radius 3 is 2.31 bits per heavy atom. The largest absolute Gasteiger partial charge is 0.510 e. The Morgan fingerprint density at radius 2 is 1.61 bits per heavy atom. The minimum atomic E-state index is -2.01. The number of carbonyl (C=O) groups is 7. The molecule has 0 radical (unpaired) electrons. The normalized spacial score (nSPS) is 14.6. The number of anilines is 1. The van der Waals surface area contributed by atoms with E-state index in [-0.39, 0.29) is 98.6 Å². The summed E-state index contributed by atoms with van der Waals surface area (Å²) in [5.74, 6) is -2.29. The van der Waals surface area contributed by atoms with Crippen LogP contribution in [0.3, 0.4) is 0 Å². The number of allylic oxidation sites excluding steroid dienone is 1. The van der Waals surface area contributed by atoms with Crippen molar-refractivity contribution >= 4 is 75.7 Å². The lowest BCUT2D eigenvalue weighted by molar-refractivity contribution is -0.175. The zero-order valence-corrected chi connectivity index (χ0v) is 49.6. The summed E-state index contributed by atoms with van der Waals surface area (Å²) in [5.41, 5.74) is 9.06. The van der Waals surface area contributed by atoms with E-state index in [0.717, 1.165) is 40.1 Å². The van der Waals surface area contributed by atoms with Gasteiger partial charge < -0.3 is 44.2 Å². The monoisotopic (exact) mass is 1170 g/mol. The molecule has 0 saturated carbocycles. The van der Waals surface area contributed by atoms with Crippen LogP contribution >= 0.6 is 11.8 Å². The van der Waals surface area contributed by atoms with Gasteiger partial charge in [-0.3, -0.25) is 28.8 Å². The van der Waals surface area contributed by atoms with Crippen LogP contribution in [0.2, 0.25) is 0 Å². The van der Waals surface area contributed by atoms with Crippen LogP contribution in [0.25, 0.3) is 28.4 Å². The number of amides is 2. The number of benzene rings is 2. The first kappa shape index (κ1) is 64.1. The van der Waals surface area contributed by atoms with Crippen LogP contribution in [0.1, 0.15) is 138 Å². The third kappa shape index (κ3) is 17.1. The second kappa shape index (κ2) is 31.4. The Balaban J connectivity index is 0.850. The Morgan fingerprint density at radius 1 is 0.893 bits per heavy atom. The van der Waals surface area contributed by atoms with Gasteiger partial charge in [0.1, 0.15) is 32.2 Å². The van der Waals surface area contributed by atoms with Gasteiger partial charge in [0.15, 0.2) is 16.7 Å². The van der Waals surface area contributed by atoms with E-state index in [1.165, 1.54) is 11.8 Å². The highest BCUT2D eigenvalue weighted by Gasteiger charge is 2.51. The standard InChI is InChI=1S/C63H77N7O13S/c1-6-63(54-33-56-57-52(36-70(56)59(76)53(54)40-81-60(63)77)50(27-29-69(41(2)3)42(4)71)51-21-10-11-22-55(51)68-57)83-62(78)82-37-43-23-25-46(26-24-43)67-58(75)45(17-12-13-28-64)32-49(74)39-80-38-48(73)20-15-31-79-30-14-19-47(72)18-9-7-8-16-44-34-65-61(84-5)66-35-44/h8,10-11,16,21-26,33-35,41,45H,6-7,9,12-15,17-20,27-32,36-40,64H2,1-5H3,(H,67,75)/b16-8-/t45-,63+/m1/s1. The van der Waals surface area contributed by atoms with E-state index in [9.17, 15) is 38.4 Å². The van der Waals surface area contributed by atoms with Crippen LogP contribution in [0.4, 0.5) is 10.5 Å². The van der Waals surface area contributed by atoms with Gasteiger partial charge in [-0.25, -0.2) is 24.5 Å². The second-order valence-electron chi connectivity index (χ2n) is 21.3. The minimum absolute atomic E-state index is 0.0157. The number of cyclic esters (lactones) is 1. The Kier molecular flexibility index (Phi) is 24.0. The number of esters is 1. The lowest BCUT2D eigenvalue weighted by Gasteiger charge is -2.35. The molecule has 5 aromatic rings. The number of nitrogens with one attached hydrogen (secondary N) is 1. The fraction of sp³-hybridized carbons (Fsp3) is 0.476. The fourth-order valence-corrected chi connectivity index (χ4v) is 10.8. The van der Waals surface area contributed by atoms with Crippen molar-refractivity contribution in [2.24, 2.45) is 11.7 Å². The number of Topliss-reactive ketones (excluding diaryl/α,β-unsaturated/α-hetero) is 3. The summed E-state index contributed by atoms with van der Waals surface area (Å²) in [7, 11) is 0. The van der Waals surface area contributed by atoms with Gasteiger partial charge in [0, 0.05) is 104 Å². The molecule has 0 bridgehead atoms. The molecule has 2 amide bonds. The summed E-state index contributed by atoms with van der Waals surface area (Å²) in [5, 5.41) is 4.50. The van der Waals surface area contributed by atoms with Gasteiger partial charge in [-0.1, -0.05) is 67.6 Å². The number of hydrogen-bond donors (Lipinski definition) is 2. The second-order valence-corrected chi connectivity index (χ2v) is 22.1. The van der Waals surface area contributed by atoms with Crippen LogP contribution in [0.15, 0.2) is 83.0 Å². The molecule has 84 heavy (non-hydrogen) atoms. The molecule has 21 heteroatoms. The Hall–Kier alpha value is -7.46. The quantitative estimate of drug-likeness (QED) is 0.0165. The molecule has 2 aliphatic heterocycles. The molecule has 2 aliphatic rings. The number of ether oxygens (including phenoxy) is 5. The molecule has 3 aromatic heterocycles. The molecule has 0 unspecified atom stereocenters. The number of thioether (sulfide) groups is 1. The van der Waals surface area contributed by atoms with Gasteiger partial charge >= 0.3 is 12.1 Å². The molecule has 5 heterocycles. The van der Waals surface area contributed by atoms with Crippen molar-refractivity contribution in [3.8, 4) is 11.4 Å². The zero-order valence-electron chi connectivity index (χ0n) is 48.7. The van der Waals surface area contributed by atoms with E-state index in [2.05, 4.69) is 15.3 Å². The highest BCUT2D eigenvalue weighted by molar-refractivity contribution is 7.98. The van der Waals surface area contributed by atoms with Gasteiger partial charge in [-0.05, 0) is 113 Å². The van der Waals surface area contributed by atoms with Gasteiger partial charge in [0.25, 0.3) is 5.56 Å². The SMILES string of the molecule is CC[C@@]1(OC(=O)OCc2ccc(NC(=O)[C@H](CCCCN)CC(=O)COCC(=O)CCCOCCCC(=O)CCC/C=C\c3cnc(SC)nc3)cc2)C(=O)OCc2c1cc1n(c2=O)Cc2c-1nc1ccccc1c2CCN(C(C)=O)C(C)C. The maximum Gasteiger partial charge on any atom is 0.510 e. The number of nitrogens with two attached hydrogens (primary N) is 1. The summed E-state index contributed by atoms with van der Waals surface area (Å²) in [4.78, 5) is 121. The van der Waals surface area contributed by atoms with Crippen molar-refractivity contribution < 1.29 is 57.2 Å². The third-order valence-electron chi connectivity index (χ3n) is 15.0. The highest BCUT2D eigenvalue weighted by Crippen LogP contribution is 2.42. The van der Waals surface area contributed by atoms with Crippen LogP contribution in [-0.2, 0) is 84.2 Å². The molecule has 2 atom stereocenters. The van der Waals surface area contributed by atoms with Gasteiger partial charge in [-0.2, -0.15) is 0 Å². The molecule has 7 rings (SSSR count). The predicted molar refractivity (Wildman–Crippen MR) is 318 cm³/mol. The predicted octanol–water partition coefficient (Wildman–Crippen LogP) is 9.01. The first-order valence-corrected chi connectivity index (χ1v) is 30.1. The molecular formula is C63H77N7O13S. The van der Waals surface area contributed by atoms with Gasteiger partial charge in [0.05, 0.1) is 29.0 Å². The van der Waals surface area contributed by atoms with Crippen LogP contribution in [-0.4, -0.2) is 118 Å². The van der Waals surface area contributed by atoms with Crippen molar-refractivity contribution in [1.29, 1.82) is 0 Å². The summed E-state index contributed by atoms with van der Waals surface area (Å²) >= 11 is 1.49. The number of para-hydroxylation sites is 1. The molecule has 0 spiro atoms. The van der Waals surface area contributed by atoms with Gasteiger partial charge in [0.2, 0.25) is 17.4 Å². The first-order chi connectivity index (χ1) is 40.5. The number of unbranched alkanes of at least 4 members (excludes halogenated alkanes) is 2. The number of rotatable bonds is 34. The maximum atomic E-state index is 14.4. The molecule has 0 fully saturated rings. The van der Waals surface area contributed by atoms with Crippen LogP contribution in [0, 0.1) is 5.92 Å². The molecular weight excluding hydrogens is 1090 g/mol. The first-order valence-electron chi connectivity index (χ1n) is 28.9. The molecule has 0 saturated heterocycles. The van der Waals surface area contributed by atoms with Crippen LogP contribution in [0.5, 0.6) is 0 Å². The van der Waals surface area contributed by atoms with E-state index >= 15 is 0 Å². The molecule has 2 aromatic carbocycles. The highest BCUT2D eigenvalue weighted by atomic mass is 32.2. The van der Waals surface area contributed by atoms with Gasteiger partial charge in [-0.15, -0.1) is 0 Å². The lowest BCUT2D eigenvalue weighted by Crippen LogP contribution is -2.47. The van der Waals surface area contributed by atoms with Crippen molar-refractivity contribution in [3.05, 3.63) is 117 Å². The van der Waals surface area contributed by atoms with E-state index in [1.807, 2.05) is 56.5 Å². The summed E-state index contributed by atoms with van der Waals surface area (Å²) in [6.07, 6.45) is 14.0. The molecule has 448 valence electrons. The molecule has 3 N–H and O–H groups in total. The number of aromatic nitrogens is 4. The zero-order chi connectivity index (χ0) is 60.2. The van der Waals surface area contributed by atoms with Crippen molar-refractivity contribution in [1.82, 2.24) is 24.4 Å². The smallest absolute Gasteiger partial charge is 0.457 e. The number of fused-ring (bicyclic) bond motifs is 5. The number of hydrogen-bond acceptors (Lipinski definition) is 18. The van der Waals surface area contributed by atoms with Crippen molar-refractivity contribution in [2.75, 3.05) is 51.1 Å². The number of ketones is 3. The van der Waals surface area contributed by atoms with E-state index in [1.54, 1.807) is 66.0 Å². The third-order valence-corrected chi connectivity index (χ3v) is 15.6. The van der Waals surface area contributed by atoms with Crippen molar-refractivity contribution in [3.63, 3.8) is 0 Å². The average Bonchev–Trinajstić information content (AvgIpc) is 3.20. The van der Waals surface area contributed by atoms with E-state index in [0.29, 0.717) is 106 Å². The number of pyridine rings is 2. The summed E-state index contributed by atoms with van der Waals surface area (Å²) in [6, 6.07) is 15.9. The number of carbonyl (C=O) groups excluding carboxylic acids is 7. The Labute approximate surface area is 494 Å². The molecule has 0 aliphatic carbocycles. The summed E-state index contributed by atoms with van der Waals surface area (Å²) in [6.45, 7) is 7.83. The van der Waals surface area contributed by atoms with E-state index in [4.69, 9.17) is 34.4 Å². The number of nitrogens with zero attached hydrogens (tertiary/aromatic N) is 5. The summed E-state index contributed by atoms with van der Waals surface area (Å²) < 4.78 is 29.6. The lowest BCUT2D eigenvalue weighted by atomic mass is 9.85. The van der Waals surface area contributed by atoms with Crippen molar-refractivity contribution in [2.45, 2.75) is 148 Å². The van der Waals surface area contributed by atoms with Crippen LogP contribution < -0.4 is 16.6 Å². The Bertz CT molecular complexity index is 3240. The maximum absolute atomic E-state index is 14.4. The fourth-order valence-electron chi connectivity index (χ4n) is 10.5.